The zero-order chi connectivity index (χ0) is 9.56. The van der Waals surface area contributed by atoms with Gasteiger partial charge in [0.2, 0.25) is 0 Å². The van der Waals surface area contributed by atoms with Crippen LogP contribution in [0.25, 0.3) is 0 Å². The lowest BCUT2D eigenvalue weighted by Gasteiger charge is -2.14. The van der Waals surface area contributed by atoms with Crippen LogP contribution in [0.15, 0.2) is 0 Å². The molecule has 0 aromatic heterocycles. The normalized spacial score (nSPS) is 15.3. The van der Waals surface area contributed by atoms with Crippen molar-refractivity contribution in [1.82, 2.24) is 0 Å². The highest BCUT2D eigenvalue weighted by molar-refractivity contribution is 5.72. The second kappa shape index (κ2) is 6.00. The SMILES string of the molecule is CCC(C)OC(=O)C(C)CC[O]. The van der Waals surface area contributed by atoms with Crippen molar-refractivity contribution in [3.63, 3.8) is 0 Å². The maximum absolute atomic E-state index is 11.1. The van der Waals surface area contributed by atoms with Gasteiger partial charge in [0.1, 0.15) is 0 Å². The van der Waals surface area contributed by atoms with Crippen LogP contribution in [0, 0.1) is 5.92 Å². The Kier molecular flexibility index (Phi) is 5.72. The zero-order valence-corrected chi connectivity index (χ0v) is 8.00. The van der Waals surface area contributed by atoms with Gasteiger partial charge in [-0.15, -0.1) is 0 Å². The van der Waals surface area contributed by atoms with Gasteiger partial charge in [-0.3, -0.25) is 4.79 Å². The second-order valence-electron chi connectivity index (χ2n) is 3.05. The van der Waals surface area contributed by atoms with E-state index in [9.17, 15) is 9.90 Å². The molecule has 0 aliphatic rings. The smallest absolute Gasteiger partial charge is 0.309 e. The maximum atomic E-state index is 11.1. The van der Waals surface area contributed by atoms with Gasteiger partial charge < -0.3 is 4.74 Å². The topological polar surface area (TPSA) is 46.2 Å². The Morgan fingerprint density at radius 3 is 2.42 bits per heavy atom. The van der Waals surface area contributed by atoms with Gasteiger partial charge in [0.05, 0.1) is 18.6 Å². The first kappa shape index (κ1) is 11.4. The molecule has 0 aliphatic heterocycles. The molecule has 3 nitrogen and oxygen atoms in total. The Labute approximate surface area is 73.7 Å². The molecule has 0 aromatic carbocycles. The fourth-order valence-electron chi connectivity index (χ4n) is 0.692. The van der Waals surface area contributed by atoms with Gasteiger partial charge in [-0.2, -0.15) is 0 Å². The Morgan fingerprint density at radius 2 is 2.00 bits per heavy atom. The number of rotatable bonds is 5. The predicted octanol–water partition coefficient (Wildman–Crippen LogP) is 1.78. The summed E-state index contributed by atoms with van der Waals surface area (Å²) in [6.45, 7) is 5.32. The van der Waals surface area contributed by atoms with Crippen LogP contribution in [0.3, 0.4) is 0 Å². The Bertz CT molecular complexity index is 134. The molecule has 0 heterocycles. The van der Waals surface area contributed by atoms with E-state index in [1.54, 1.807) is 6.92 Å². The molecule has 1 radical (unpaired) electrons. The summed E-state index contributed by atoms with van der Waals surface area (Å²) >= 11 is 0. The molecule has 0 spiro atoms. The van der Waals surface area contributed by atoms with Crippen molar-refractivity contribution in [2.45, 2.75) is 39.7 Å². The van der Waals surface area contributed by atoms with E-state index >= 15 is 0 Å². The summed E-state index contributed by atoms with van der Waals surface area (Å²) in [6, 6.07) is 0. The molecule has 12 heavy (non-hydrogen) atoms. The molecule has 0 fully saturated rings. The number of ether oxygens (including phenoxy) is 1. The summed E-state index contributed by atoms with van der Waals surface area (Å²) < 4.78 is 5.04. The summed E-state index contributed by atoms with van der Waals surface area (Å²) in [7, 11) is 0. The molecule has 2 atom stereocenters. The fourth-order valence-corrected chi connectivity index (χ4v) is 0.692. The van der Waals surface area contributed by atoms with Crippen molar-refractivity contribution in [2.75, 3.05) is 6.61 Å². The highest BCUT2D eigenvalue weighted by Gasteiger charge is 2.15. The summed E-state index contributed by atoms with van der Waals surface area (Å²) in [6.07, 6.45) is 1.15. The summed E-state index contributed by atoms with van der Waals surface area (Å²) in [4.78, 5) is 11.1. The molecule has 0 aliphatic carbocycles. The average Bonchev–Trinajstić information content (AvgIpc) is 2.04. The van der Waals surface area contributed by atoms with Crippen LogP contribution in [0.2, 0.25) is 0 Å². The molecule has 3 heteroatoms. The van der Waals surface area contributed by atoms with Crippen molar-refractivity contribution >= 4 is 5.97 Å². The van der Waals surface area contributed by atoms with Gasteiger partial charge in [-0.05, 0) is 19.8 Å². The van der Waals surface area contributed by atoms with Gasteiger partial charge in [-0.25, -0.2) is 5.11 Å². The minimum absolute atomic E-state index is 0.0356. The Hall–Kier alpha value is -0.570. The van der Waals surface area contributed by atoms with E-state index in [2.05, 4.69) is 0 Å². The Morgan fingerprint density at radius 1 is 1.42 bits per heavy atom. The molecule has 71 valence electrons. The number of carbonyl (C=O) groups excluding carboxylic acids is 1. The van der Waals surface area contributed by atoms with E-state index in [0.29, 0.717) is 6.42 Å². The molecular weight excluding hydrogens is 156 g/mol. The van der Waals surface area contributed by atoms with Gasteiger partial charge in [0, 0.05) is 0 Å². The van der Waals surface area contributed by atoms with Gasteiger partial charge in [0.15, 0.2) is 0 Å². The van der Waals surface area contributed by atoms with E-state index in [0.717, 1.165) is 6.42 Å². The highest BCUT2D eigenvalue weighted by atomic mass is 16.5. The van der Waals surface area contributed by atoms with Crippen LogP contribution < -0.4 is 0 Å². The molecule has 0 saturated heterocycles. The number of esters is 1. The standard InChI is InChI=1S/C9H17O3/c1-4-8(3)12-9(11)7(2)5-6-10/h7-8H,4-6H2,1-3H3. The van der Waals surface area contributed by atoms with Gasteiger partial charge in [-0.1, -0.05) is 13.8 Å². The van der Waals surface area contributed by atoms with Crippen LogP contribution in [0.4, 0.5) is 0 Å². The van der Waals surface area contributed by atoms with E-state index in [-0.39, 0.29) is 24.6 Å². The first-order valence-electron chi connectivity index (χ1n) is 4.40. The van der Waals surface area contributed by atoms with Crippen LogP contribution in [0.5, 0.6) is 0 Å². The van der Waals surface area contributed by atoms with Crippen LogP contribution in [-0.2, 0) is 14.6 Å². The third-order valence-corrected chi connectivity index (χ3v) is 1.85. The predicted molar refractivity (Wildman–Crippen MR) is 45.2 cm³/mol. The molecule has 0 rings (SSSR count). The lowest BCUT2D eigenvalue weighted by molar-refractivity contribution is -0.153. The summed E-state index contributed by atoms with van der Waals surface area (Å²) in [5.74, 6) is -0.503. The summed E-state index contributed by atoms with van der Waals surface area (Å²) in [5.41, 5.74) is 0. The van der Waals surface area contributed by atoms with Crippen molar-refractivity contribution in [1.29, 1.82) is 0 Å². The van der Waals surface area contributed by atoms with Crippen LogP contribution >= 0.6 is 0 Å². The van der Waals surface area contributed by atoms with E-state index in [1.165, 1.54) is 0 Å². The largest absolute Gasteiger partial charge is 0.462 e. The van der Waals surface area contributed by atoms with Crippen molar-refractivity contribution < 1.29 is 14.6 Å². The summed E-state index contributed by atoms with van der Waals surface area (Å²) in [5, 5.41) is 10.2. The van der Waals surface area contributed by atoms with E-state index in [4.69, 9.17) is 4.74 Å². The zero-order valence-electron chi connectivity index (χ0n) is 8.00. The third-order valence-electron chi connectivity index (χ3n) is 1.85. The van der Waals surface area contributed by atoms with Crippen molar-refractivity contribution in [3.8, 4) is 0 Å². The molecule has 0 aromatic rings. The van der Waals surface area contributed by atoms with Crippen molar-refractivity contribution in [2.24, 2.45) is 5.92 Å². The van der Waals surface area contributed by atoms with Gasteiger partial charge in [0.25, 0.3) is 0 Å². The first-order valence-corrected chi connectivity index (χ1v) is 4.40. The maximum Gasteiger partial charge on any atom is 0.309 e. The molecular formula is C9H17O3. The minimum Gasteiger partial charge on any atom is -0.462 e. The lowest BCUT2D eigenvalue weighted by Crippen LogP contribution is -2.20. The fraction of sp³-hybridized carbons (Fsp3) is 0.889. The van der Waals surface area contributed by atoms with Gasteiger partial charge >= 0.3 is 5.97 Å². The molecule has 0 N–H and O–H groups in total. The average molecular weight is 173 g/mol. The number of hydrogen-bond donors (Lipinski definition) is 0. The molecule has 0 bridgehead atoms. The van der Waals surface area contributed by atoms with E-state index in [1.807, 2.05) is 13.8 Å². The Balaban J connectivity index is 3.70. The quantitative estimate of drug-likeness (QED) is 0.595. The number of carbonyl (C=O) groups is 1. The first-order chi connectivity index (χ1) is 5.61. The minimum atomic E-state index is -0.253. The second-order valence-corrected chi connectivity index (χ2v) is 3.05. The lowest BCUT2D eigenvalue weighted by atomic mass is 10.1. The highest BCUT2D eigenvalue weighted by Crippen LogP contribution is 2.07. The number of hydrogen-bond acceptors (Lipinski definition) is 2. The van der Waals surface area contributed by atoms with Crippen LogP contribution in [0.1, 0.15) is 33.6 Å². The monoisotopic (exact) mass is 173 g/mol. The molecule has 2 unspecified atom stereocenters. The van der Waals surface area contributed by atoms with Crippen molar-refractivity contribution in [3.05, 3.63) is 0 Å². The molecule has 0 amide bonds. The van der Waals surface area contributed by atoms with E-state index < -0.39 is 0 Å². The molecule has 0 saturated carbocycles. The third kappa shape index (κ3) is 4.34. The van der Waals surface area contributed by atoms with Crippen LogP contribution in [-0.4, -0.2) is 18.7 Å².